The number of anilines is 4. The zero-order valence-electron chi connectivity index (χ0n) is 23.8. The van der Waals surface area contributed by atoms with Gasteiger partial charge in [0.15, 0.2) is 17.2 Å². The van der Waals surface area contributed by atoms with Crippen LogP contribution in [0.15, 0.2) is 48.7 Å². The van der Waals surface area contributed by atoms with Gasteiger partial charge >= 0.3 is 0 Å². The van der Waals surface area contributed by atoms with E-state index in [0.717, 1.165) is 24.0 Å². The Morgan fingerprint density at radius 1 is 1.07 bits per heavy atom. The molecule has 0 saturated carbocycles. The molecule has 1 saturated heterocycles. The number of aryl methyl sites for hydroxylation is 2. The highest BCUT2D eigenvalue weighted by molar-refractivity contribution is 5.92. The molecule has 43 heavy (non-hydrogen) atoms. The summed E-state index contributed by atoms with van der Waals surface area (Å²) in [5, 5.41) is 20.4. The zero-order chi connectivity index (χ0) is 30.1. The van der Waals surface area contributed by atoms with Crippen molar-refractivity contribution in [3.05, 3.63) is 65.7 Å². The summed E-state index contributed by atoms with van der Waals surface area (Å²) in [6.45, 7) is 2.31. The van der Waals surface area contributed by atoms with E-state index in [2.05, 4.69) is 31.8 Å². The van der Waals surface area contributed by atoms with E-state index < -0.39 is 18.5 Å². The van der Waals surface area contributed by atoms with Crippen molar-refractivity contribution in [1.82, 2.24) is 29.3 Å². The normalized spacial score (nSPS) is 15.0. The van der Waals surface area contributed by atoms with Gasteiger partial charge in [-0.3, -0.25) is 9.25 Å². The Balaban J connectivity index is 1.52. The Kier molecular flexibility index (Phi) is 7.60. The molecule has 1 fully saturated rings. The van der Waals surface area contributed by atoms with Gasteiger partial charge in [-0.2, -0.15) is 10.4 Å². The van der Waals surface area contributed by atoms with Crippen molar-refractivity contribution in [3.8, 4) is 23.1 Å². The average molecular weight is 586 g/mol. The van der Waals surface area contributed by atoms with Crippen LogP contribution in [0.25, 0.3) is 22.4 Å². The molecule has 1 aromatic carbocycles. The molecule has 0 bridgehead atoms. The lowest BCUT2D eigenvalue weighted by Gasteiger charge is -2.25. The number of alkyl halides is 2. The number of hydrogen-bond acceptors (Lipinski definition) is 9. The van der Waals surface area contributed by atoms with Crippen molar-refractivity contribution in [2.75, 3.05) is 24.4 Å². The second-order valence-corrected chi connectivity index (χ2v) is 10.2. The number of methoxy groups -OCH3 is 1. The number of benzene rings is 1. The van der Waals surface area contributed by atoms with Crippen LogP contribution in [-0.2, 0) is 11.8 Å². The molecule has 4 aromatic heterocycles. The van der Waals surface area contributed by atoms with E-state index in [1.54, 1.807) is 30.0 Å². The Hall–Kier alpha value is -5.09. The summed E-state index contributed by atoms with van der Waals surface area (Å²) in [6.07, 6.45) is 0.579. The first kappa shape index (κ1) is 28.0. The molecule has 1 aliphatic rings. The zero-order valence-corrected chi connectivity index (χ0v) is 23.8. The number of nitrogens with one attached hydrogen (secondary N) is 2. The molecule has 0 radical (unpaired) electrons. The molecular weight excluding hydrogens is 556 g/mol. The molecule has 2 N–H and O–H groups in total. The number of rotatable bonds is 8. The molecular formula is C30H29F2N9O2. The van der Waals surface area contributed by atoms with Crippen LogP contribution in [0.2, 0.25) is 0 Å². The van der Waals surface area contributed by atoms with Gasteiger partial charge in [0.25, 0.3) is 6.43 Å². The van der Waals surface area contributed by atoms with Crippen molar-refractivity contribution >= 4 is 34.2 Å². The van der Waals surface area contributed by atoms with Gasteiger partial charge in [-0.1, -0.05) is 6.07 Å². The molecule has 5 heterocycles. The summed E-state index contributed by atoms with van der Waals surface area (Å²) in [7, 11) is 3.39. The van der Waals surface area contributed by atoms with Crippen molar-refractivity contribution in [1.29, 1.82) is 5.26 Å². The van der Waals surface area contributed by atoms with Crippen LogP contribution in [0.3, 0.4) is 0 Å². The second-order valence-electron chi connectivity index (χ2n) is 10.2. The van der Waals surface area contributed by atoms with Crippen LogP contribution < -0.4 is 15.4 Å². The highest BCUT2D eigenvalue weighted by Crippen LogP contribution is 2.40. The van der Waals surface area contributed by atoms with Crippen LogP contribution in [-0.4, -0.2) is 43.0 Å². The van der Waals surface area contributed by atoms with Crippen molar-refractivity contribution in [3.63, 3.8) is 0 Å². The predicted octanol–water partition coefficient (Wildman–Crippen LogP) is 6.54. The highest BCUT2D eigenvalue weighted by Gasteiger charge is 2.29. The number of para-hydroxylation sites is 1. The largest absolute Gasteiger partial charge is 0.494 e. The molecule has 220 valence electrons. The molecule has 1 atom stereocenters. The number of hydrogen-bond donors (Lipinski definition) is 2. The topological polar surface area (TPSA) is 128 Å². The quantitative estimate of drug-likeness (QED) is 0.209. The lowest BCUT2D eigenvalue weighted by atomic mass is 10.1. The molecule has 5 aromatic rings. The first-order valence-electron chi connectivity index (χ1n) is 13.8. The predicted molar refractivity (Wildman–Crippen MR) is 157 cm³/mol. The van der Waals surface area contributed by atoms with Crippen molar-refractivity contribution < 1.29 is 18.3 Å². The first-order chi connectivity index (χ1) is 20.8. The number of imidazole rings is 1. The third-order valence-corrected chi connectivity index (χ3v) is 7.13. The van der Waals surface area contributed by atoms with E-state index in [1.165, 1.54) is 4.57 Å². The van der Waals surface area contributed by atoms with E-state index in [0.29, 0.717) is 47.5 Å². The summed E-state index contributed by atoms with van der Waals surface area (Å²) in [5.41, 5.74) is 3.98. The van der Waals surface area contributed by atoms with Gasteiger partial charge in [0.1, 0.15) is 35.1 Å². The lowest BCUT2D eigenvalue weighted by Crippen LogP contribution is -2.20. The summed E-state index contributed by atoms with van der Waals surface area (Å²) in [6, 6.07) is 14.6. The lowest BCUT2D eigenvalue weighted by molar-refractivity contribution is -0.0363. The van der Waals surface area contributed by atoms with Crippen LogP contribution in [0, 0.1) is 18.3 Å². The molecule has 0 aliphatic carbocycles. The summed E-state index contributed by atoms with van der Waals surface area (Å²) >= 11 is 0. The minimum Gasteiger partial charge on any atom is -0.494 e. The standard InChI is InChI=1S/C30H29F2N9O2/c1-17-13-18(16-33)34-23(14-17)36-24-15-22(35-21-8-6-7-19(27(21)42-3)20-10-11-40(2)39-20)26-29(37-24)41(30(38-26)28(31)32)25-9-4-5-12-43-25/h6-8,10-11,13-15,25,28H,4-5,9,12H2,1-3H3,(H2,34,35,36,37). The summed E-state index contributed by atoms with van der Waals surface area (Å²) in [5.74, 6) is 0.792. The van der Waals surface area contributed by atoms with E-state index in [4.69, 9.17) is 14.5 Å². The van der Waals surface area contributed by atoms with Gasteiger partial charge in [-0.25, -0.2) is 23.7 Å². The van der Waals surface area contributed by atoms with Gasteiger partial charge in [-0.05, 0) is 62.1 Å². The van der Waals surface area contributed by atoms with E-state index in [9.17, 15) is 14.0 Å². The molecule has 0 spiro atoms. The third-order valence-electron chi connectivity index (χ3n) is 7.13. The number of halogens is 2. The van der Waals surface area contributed by atoms with Gasteiger partial charge < -0.3 is 20.1 Å². The summed E-state index contributed by atoms with van der Waals surface area (Å²) < 4.78 is 43.7. The van der Waals surface area contributed by atoms with E-state index in [-0.39, 0.29) is 16.9 Å². The molecule has 1 unspecified atom stereocenters. The van der Waals surface area contributed by atoms with E-state index >= 15 is 0 Å². The van der Waals surface area contributed by atoms with Crippen LogP contribution in [0.4, 0.5) is 31.8 Å². The number of pyridine rings is 2. The Morgan fingerprint density at radius 3 is 2.60 bits per heavy atom. The molecule has 6 rings (SSSR count). The maximum absolute atomic E-state index is 14.4. The third kappa shape index (κ3) is 5.56. The van der Waals surface area contributed by atoms with Gasteiger partial charge in [-0.15, -0.1) is 0 Å². The molecule has 13 heteroatoms. The van der Waals surface area contributed by atoms with Crippen LogP contribution >= 0.6 is 0 Å². The van der Waals surface area contributed by atoms with Crippen molar-refractivity contribution in [2.45, 2.75) is 38.8 Å². The number of ether oxygens (including phenoxy) is 2. The monoisotopic (exact) mass is 585 g/mol. The maximum Gasteiger partial charge on any atom is 0.295 e. The Bertz CT molecular complexity index is 1840. The smallest absolute Gasteiger partial charge is 0.295 e. The van der Waals surface area contributed by atoms with Crippen LogP contribution in [0.5, 0.6) is 5.75 Å². The fraction of sp³-hybridized carbons (Fsp3) is 0.300. The van der Waals surface area contributed by atoms with Gasteiger partial charge in [0.05, 0.1) is 24.2 Å². The fourth-order valence-corrected chi connectivity index (χ4v) is 5.29. The number of fused-ring (bicyclic) bond motifs is 1. The molecule has 1 aliphatic heterocycles. The molecule has 11 nitrogen and oxygen atoms in total. The van der Waals surface area contributed by atoms with Gasteiger partial charge in [0.2, 0.25) is 0 Å². The Morgan fingerprint density at radius 2 is 1.91 bits per heavy atom. The summed E-state index contributed by atoms with van der Waals surface area (Å²) in [4.78, 5) is 13.4. The number of nitriles is 1. The van der Waals surface area contributed by atoms with Gasteiger partial charge in [0, 0.05) is 31.5 Å². The number of aromatic nitrogens is 6. The van der Waals surface area contributed by atoms with Crippen molar-refractivity contribution in [2.24, 2.45) is 7.05 Å². The molecule has 0 amide bonds. The maximum atomic E-state index is 14.4. The SMILES string of the molecule is COc1c(Nc2cc(Nc3cc(C)cc(C#N)n3)nc3c2nc(C(F)F)n3C2CCCCO2)cccc1-c1ccn(C)n1. The Labute approximate surface area is 246 Å². The average Bonchev–Trinajstić information content (AvgIpc) is 3.61. The first-order valence-corrected chi connectivity index (χ1v) is 13.8. The van der Waals surface area contributed by atoms with E-state index in [1.807, 2.05) is 44.4 Å². The fourth-order valence-electron chi connectivity index (χ4n) is 5.29. The second kappa shape index (κ2) is 11.7. The number of nitrogens with zero attached hydrogens (tertiary/aromatic N) is 7. The minimum absolute atomic E-state index is 0.225. The minimum atomic E-state index is -2.86. The van der Waals surface area contributed by atoms with Crippen LogP contribution in [0.1, 0.15) is 49.0 Å². The highest BCUT2D eigenvalue weighted by atomic mass is 19.3.